The third kappa shape index (κ3) is 2.80. The summed E-state index contributed by atoms with van der Waals surface area (Å²) in [4.78, 5) is 11.3. The first-order valence-corrected chi connectivity index (χ1v) is 8.65. The van der Waals surface area contributed by atoms with Crippen LogP contribution in [0.4, 0.5) is 14.5 Å². The number of nitrogens with zero attached hydrogens (tertiary/aromatic N) is 3. The number of aromatic nitrogens is 2. The molecule has 2 N–H and O–H groups in total. The number of anilines is 1. The van der Waals surface area contributed by atoms with Crippen LogP contribution in [0.1, 0.15) is 19.9 Å². The van der Waals surface area contributed by atoms with Crippen LogP contribution in [0, 0.1) is 11.8 Å². The van der Waals surface area contributed by atoms with Crippen molar-refractivity contribution in [3.8, 4) is 16.9 Å². The molecule has 2 heterocycles. The number of benzene rings is 1. The van der Waals surface area contributed by atoms with Crippen LogP contribution in [-0.4, -0.2) is 35.8 Å². The summed E-state index contributed by atoms with van der Waals surface area (Å²) in [7, 11) is -4.33. The lowest BCUT2D eigenvalue weighted by Crippen LogP contribution is -2.30. The molecule has 1 saturated heterocycles. The van der Waals surface area contributed by atoms with Gasteiger partial charge in [-0.15, -0.1) is 5.10 Å². The highest BCUT2D eigenvalue weighted by atomic mass is 32.2. The molecular weight excluding hydrogens is 358 g/mol. The number of aromatic hydroxyl groups is 1. The Morgan fingerprint density at radius 2 is 1.96 bits per heavy atom. The number of hydrogen-bond acceptors (Lipinski definition) is 5. The van der Waals surface area contributed by atoms with E-state index in [4.69, 9.17) is 0 Å². The van der Waals surface area contributed by atoms with Crippen LogP contribution in [0.3, 0.4) is 0 Å². The second-order valence-electron chi connectivity index (χ2n) is 5.74. The van der Waals surface area contributed by atoms with Crippen LogP contribution in [0.15, 0.2) is 18.3 Å². The normalized spacial score (nSPS) is 16.5. The van der Waals surface area contributed by atoms with Gasteiger partial charge in [-0.25, -0.2) is 13.4 Å². The van der Waals surface area contributed by atoms with E-state index < -0.39 is 45.9 Å². The highest BCUT2D eigenvalue weighted by Crippen LogP contribution is 2.39. The quantitative estimate of drug-likeness (QED) is 0.845. The first-order valence-electron chi connectivity index (χ1n) is 7.21. The van der Waals surface area contributed by atoms with Crippen molar-refractivity contribution in [1.29, 1.82) is 0 Å². The lowest BCUT2D eigenvalue weighted by atomic mass is 10.1. The van der Waals surface area contributed by atoms with Crippen molar-refractivity contribution in [3.63, 3.8) is 0 Å². The minimum absolute atomic E-state index is 0.177. The summed E-state index contributed by atoms with van der Waals surface area (Å²) < 4.78 is 56.2. The second-order valence-corrected chi connectivity index (χ2v) is 7.33. The largest absolute Gasteiger partial charge is 0.506 e. The molecule has 25 heavy (non-hydrogen) atoms. The number of hydrogen-bond donors (Lipinski definition) is 2. The average Bonchev–Trinajstić information content (AvgIpc) is 2.99. The summed E-state index contributed by atoms with van der Waals surface area (Å²) in [6, 6.07) is 1.96. The van der Waals surface area contributed by atoms with Gasteiger partial charge in [0.25, 0.3) is 5.91 Å². The molecule has 8 nitrogen and oxygen atoms in total. The predicted molar refractivity (Wildman–Crippen MR) is 84.0 cm³/mol. The molecule has 0 saturated carbocycles. The zero-order chi connectivity index (χ0) is 18.5. The summed E-state index contributed by atoms with van der Waals surface area (Å²) >= 11 is 0. The number of carbonyl (C=O) groups is 1. The predicted octanol–water partition coefficient (Wildman–Crippen LogP) is 1.30. The zero-order valence-corrected chi connectivity index (χ0v) is 14.0. The molecular formula is C14H14F2N4O4S. The van der Waals surface area contributed by atoms with Crippen LogP contribution in [-0.2, 0) is 15.0 Å². The second kappa shape index (κ2) is 5.69. The molecule has 2 aromatic rings. The van der Waals surface area contributed by atoms with Gasteiger partial charge in [0.15, 0.2) is 5.82 Å². The van der Waals surface area contributed by atoms with E-state index in [9.17, 15) is 27.1 Å². The molecule has 1 aliphatic heterocycles. The van der Waals surface area contributed by atoms with Gasteiger partial charge in [0, 0.05) is 17.8 Å². The Morgan fingerprint density at radius 1 is 1.28 bits per heavy atom. The molecule has 1 amide bonds. The number of halogens is 2. The number of carbonyl (C=O) groups excluding carboxylic acids is 1. The van der Waals surface area contributed by atoms with E-state index >= 15 is 0 Å². The maximum Gasteiger partial charge on any atom is 0.326 e. The lowest BCUT2D eigenvalue weighted by molar-refractivity contribution is -0.117. The Labute approximate surface area is 141 Å². The van der Waals surface area contributed by atoms with Gasteiger partial charge in [-0.3, -0.25) is 9.48 Å². The maximum atomic E-state index is 14.9. The summed E-state index contributed by atoms with van der Waals surface area (Å²) in [5, 5.41) is 13.5. The molecule has 0 spiro atoms. The van der Waals surface area contributed by atoms with Crippen LogP contribution in [0.5, 0.6) is 5.75 Å². The molecule has 134 valence electrons. The monoisotopic (exact) mass is 372 g/mol. The van der Waals surface area contributed by atoms with Gasteiger partial charge in [0.2, 0.25) is 5.95 Å². The molecule has 1 aromatic carbocycles. The van der Waals surface area contributed by atoms with E-state index in [1.165, 1.54) is 10.9 Å². The van der Waals surface area contributed by atoms with Gasteiger partial charge in [-0.05, 0) is 26.0 Å². The number of phenolic OH excluding ortho intramolecular Hbond substituents is 1. The van der Waals surface area contributed by atoms with Crippen molar-refractivity contribution < 1.29 is 27.1 Å². The van der Waals surface area contributed by atoms with Crippen LogP contribution in [0.25, 0.3) is 11.1 Å². The van der Waals surface area contributed by atoms with E-state index in [-0.39, 0.29) is 17.2 Å². The average molecular weight is 372 g/mol. The van der Waals surface area contributed by atoms with Crippen LogP contribution < -0.4 is 9.03 Å². The van der Waals surface area contributed by atoms with Crippen molar-refractivity contribution in [2.45, 2.75) is 19.9 Å². The van der Waals surface area contributed by atoms with Crippen molar-refractivity contribution in [2.75, 3.05) is 10.8 Å². The van der Waals surface area contributed by atoms with E-state index in [1.807, 2.05) is 0 Å². The van der Waals surface area contributed by atoms with Gasteiger partial charge in [-0.1, -0.05) is 0 Å². The Balaban J connectivity index is 2.18. The zero-order valence-electron chi connectivity index (χ0n) is 13.2. The first-order chi connectivity index (χ1) is 11.6. The van der Waals surface area contributed by atoms with Crippen molar-refractivity contribution in [3.05, 3.63) is 30.1 Å². The molecule has 3 rings (SSSR count). The Kier molecular flexibility index (Phi) is 3.90. The Bertz CT molecular complexity index is 971. The SMILES string of the molecule is CC(C)n1cc(-c2ccc(O)c(N3CC(=O)NS3(=O)=O)c2F)c(F)n1. The third-order valence-electron chi connectivity index (χ3n) is 3.67. The fourth-order valence-corrected chi connectivity index (χ4v) is 3.62. The maximum absolute atomic E-state index is 14.9. The van der Waals surface area contributed by atoms with Crippen molar-refractivity contribution in [2.24, 2.45) is 0 Å². The van der Waals surface area contributed by atoms with E-state index in [0.29, 0.717) is 4.31 Å². The molecule has 11 heteroatoms. The highest BCUT2D eigenvalue weighted by molar-refractivity contribution is 7.92. The first kappa shape index (κ1) is 17.1. The van der Waals surface area contributed by atoms with E-state index in [0.717, 1.165) is 12.1 Å². The number of rotatable bonds is 3. The molecule has 0 aliphatic carbocycles. The molecule has 0 bridgehead atoms. The Hall–Kier alpha value is -2.69. The summed E-state index contributed by atoms with van der Waals surface area (Å²) in [6.07, 6.45) is 1.28. The number of nitrogens with one attached hydrogen (secondary N) is 1. The topological polar surface area (TPSA) is 105 Å². The smallest absolute Gasteiger partial charge is 0.326 e. The van der Waals surface area contributed by atoms with Crippen LogP contribution in [0.2, 0.25) is 0 Å². The summed E-state index contributed by atoms with van der Waals surface area (Å²) in [6.45, 7) is 2.82. The summed E-state index contributed by atoms with van der Waals surface area (Å²) in [5.41, 5.74) is -1.21. The highest BCUT2D eigenvalue weighted by Gasteiger charge is 2.38. The van der Waals surface area contributed by atoms with Crippen LogP contribution >= 0.6 is 0 Å². The molecule has 1 aromatic heterocycles. The minimum atomic E-state index is -4.33. The van der Waals surface area contributed by atoms with Gasteiger partial charge in [0.1, 0.15) is 18.0 Å². The number of phenols is 1. The standard InChI is InChI=1S/C14H14F2N4O4S/c1-7(2)19-5-9(14(16)17-19)8-3-4-10(21)13(12(8)15)20-6-11(22)18-25(20,23)24/h3-5,7,21H,6H2,1-2H3,(H,18,22). The fraction of sp³-hybridized carbons (Fsp3) is 0.286. The fourth-order valence-electron chi connectivity index (χ4n) is 2.46. The van der Waals surface area contributed by atoms with Gasteiger partial charge in [-0.2, -0.15) is 12.8 Å². The third-order valence-corrected chi connectivity index (χ3v) is 5.05. The number of amides is 1. The van der Waals surface area contributed by atoms with Gasteiger partial charge < -0.3 is 5.11 Å². The lowest BCUT2D eigenvalue weighted by Gasteiger charge is -2.18. The molecule has 1 aliphatic rings. The van der Waals surface area contributed by atoms with Crippen molar-refractivity contribution in [1.82, 2.24) is 14.5 Å². The molecule has 1 fully saturated rings. The van der Waals surface area contributed by atoms with Gasteiger partial charge in [0.05, 0.1) is 5.56 Å². The Morgan fingerprint density at radius 3 is 2.48 bits per heavy atom. The molecule has 0 radical (unpaired) electrons. The molecule has 0 unspecified atom stereocenters. The van der Waals surface area contributed by atoms with E-state index in [1.54, 1.807) is 18.6 Å². The van der Waals surface area contributed by atoms with E-state index in [2.05, 4.69) is 5.10 Å². The summed E-state index contributed by atoms with van der Waals surface area (Å²) in [5.74, 6) is -3.69. The molecule has 0 atom stereocenters. The minimum Gasteiger partial charge on any atom is -0.506 e. The van der Waals surface area contributed by atoms with Gasteiger partial charge >= 0.3 is 10.2 Å². The van der Waals surface area contributed by atoms with Crippen molar-refractivity contribution >= 4 is 21.8 Å².